The largest absolute Gasteiger partial charge is 0.379 e. The van der Waals surface area contributed by atoms with Gasteiger partial charge in [0.2, 0.25) is 0 Å². The van der Waals surface area contributed by atoms with Gasteiger partial charge in [0.25, 0.3) is 0 Å². The van der Waals surface area contributed by atoms with E-state index in [2.05, 4.69) is 16.4 Å². The van der Waals surface area contributed by atoms with E-state index in [0.717, 1.165) is 31.1 Å². The summed E-state index contributed by atoms with van der Waals surface area (Å²) in [5.41, 5.74) is 1.09. The molecule has 16 heavy (non-hydrogen) atoms. The number of hydrogen-bond donors (Lipinski definition) is 1. The number of hydrogen-bond acceptors (Lipinski definition) is 4. The minimum Gasteiger partial charge on any atom is -0.379 e. The first-order valence-corrected chi connectivity index (χ1v) is 5.74. The number of pyridine rings is 1. The molecule has 0 saturated carbocycles. The fraction of sp³-hybridized carbons (Fsp3) is 0.583. The summed E-state index contributed by atoms with van der Waals surface area (Å²) in [6, 6.07) is 4.44. The van der Waals surface area contributed by atoms with E-state index in [1.165, 1.54) is 6.42 Å². The van der Waals surface area contributed by atoms with E-state index < -0.39 is 0 Å². The number of ether oxygens (including phenoxy) is 1. The van der Waals surface area contributed by atoms with E-state index in [4.69, 9.17) is 4.74 Å². The molecule has 2 heterocycles. The van der Waals surface area contributed by atoms with Crippen LogP contribution in [0.15, 0.2) is 18.3 Å². The summed E-state index contributed by atoms with van der Waals surface area (Å²) in [5.74, 6) is 0.980. The van der Waals surface area contributed by atoms with Crippen LogP contribution in [0.5, 0.6) is 0 Å². The van der Waals surface area contributed by atoms with Gasteiger partial charge in [-0.25, -0.2) is 4.98 Å². The van der Waals surface area contributed by atoms with Gasteiger partial charge in [0.1, 0.15) is 0 Å². The molecule has 4 nitrogen and oxygen atoms in total. The molecule has 0 spiro atoms. The predicted molar refractivity (Wildman–Crippen MR) is 66.0 cm³/mol. The Morgan fingerprint density at radius 1 is 1.50 bits per heavy atom. The van der Waals surface area contributed by atoms with Crippen LogP contribution in [0.3, 0.4) is 0 Å². The van der Waals surface area contributed by atoms with Crippen molar-refractivity contribution in [1.29, 1.82) is 0 Å². The van der Waals surface area contributed by atoms with Crippen molar-refractivity contribution >= 4 is 11.5 Å². The van der Waals surface area contributed by atoms with Gasteiger partial charge in [-0.2, -0.15) is 0 Å². The third-order valence-electron chi connectivity index (χ3n) is 2.73. The van der Waals surface area contributed by atoms with Gasteiger partial charge < -0.3 is 15.0 Å². The molecule has 0 aromatic carbocycles. The summed E-state index contributed by atoms with van der Waals surface area (Å²) >= 11 is 0. The zero-order valence-electron chi connectivity index (χ0n) is 9.94. The zero-order valence-corrected chi connectivity index (χ0v) is 9.94. The molecule has 1 saturated heterocycles. The molecule has 0 amide bonds. The second kappa shape index (κ2) is 5.16. The molecular weight excluding hydrogens is 202 g/mol. The van der Waals surface area contributed by atoms with Crippen LogP contribution in [0.1, 0.15) is 12.8 Å². The SMILES string of the molecule is CN(C)c1ncccc1NC1CCCOC1. The van der Waals surface area contributed by atoms with Crippen LogP contribution >= 0.6 is 0 Å². The molecule has 4 heteroatoms. The van der Waals surface area contributed by atoms with Crippen LogP contribution in [0.4, 0.5) is 11.5 Å². The van der Waals surface area contributed by atoms with Gasteiger partial charge in [0.15, 0.2) is 5.82 Å². The average molecular weight is 221 g/mol. The number of rotatable bonds is 3. The fourth-order valence-corrected chi connectivity index (χ4v) is 1.94. The van der Waals surface area contributed by atoms with E-state index in [1.807, 2.05) is 31.3 Å². The van der Waals surface area contributed by atoms with E-state index in [-0.39, 0.29) is 0 Å². The Morgan fingerprint density at radius 3 is 3.06 bits per heavy atom. The van der Waals surface area contributed by atoms with Gasteiger partial charge in [-0.3, -0.25) is 0 Å². The molecule has 2 rings (SSSR count). The van der Waals surface area contributed by atoms with Crippen LogP contribution in [-0.2, 0) is 4.74 Å². The van der Waals surface area contributed by atoms with Crippen molar-refractivity contribution in [3.63, 3.8) is 0 Å². The molecule has 88 valence electrons. The lowest BCUT2D eigenvalue weighted by atomic mass is 10.1. The van der Waals surface area contributed by atoms with Crippen molar-refractivity contribution in [2.45, 2.75) is 18.9 Å². The van der Waals surface area contributed by atoms with Crippen molar-refractivity contribution < 1.29 is 4.74 Å². The lowest BCUT2D eigenvalue weighted by molar-refractivity contribution is 0.0876. The van der Waals surface area contributed by atoms with Gasteiger partial charge >= 0.3 is 0 Å². The maximum atomic E-state index is 5.46. The number of anilines is 2. The molecule has 0 radical (unpaired) electrons. The molecule has 1 unspecified atom stereocenters. The normalized spacial score (nSPS) is 20.5. The van der Waals surface area contributed by atoms with Gasteiger partial charge in [0.05, 0.1) is 12.3 Å². The third kappa shape index (κ3) is 2.64. The second-order valence-corrected chi connectivity index (χ2v) is 4.33. The van der Waals surface area contributed by atoms with Crippen LogP contribution in [-0.4, -0.2) is 38.3 Å². The van der Waals surface area contributed by atoms with E-state index in [9.17, 15) is 0 Å². The summed E-state index contributed by atoms with van der Waals surface area (Å²) in [6.07, 6.45) is 4.12. The Balaban J connectivity index is 2.07. The summed E-state index contributed by atoms with van der Waals surface area (Å²) in [5, 5.41) is 3.50. The minimum absolute atomic E-state index is 0.414. The number of nitrogens with zero attached hydrogens (tertiary/aromatic N) is 2. The Kier molecular flexibility index (Phi) is 3.62. The second-order valence-electron chi connectivity index (χ2n) is 4.33. The number of aromatic nitrogens is 1. The van der Waals surface area contributed by atoms with Crippen LogP contribution < -0.4 is 10.2 Å². The van der Waals surface area contributed by atoms with Gasteiger partial charge in [-0.05, 0) is 25.0 Å². The molecule has 1 N–H and O–H groups in total. The molecular formula is C12H19N3O. The summed E-state index contributed by atoms with van der Waals surface area (Å²) in [6.45, 7) is 1.69. The van der Waals surface area contributed by atoms with Gasteiger partial charge in [0, 0.05) is 32.9 Å². The van der Waals surface area contributed by atoms with Crippen LogP contribution in [0, 0.1) is 0 Å². The molecule has 0 aliphatic carbocycles. The maximum absolute atomic E-state index is 5.46. The number of nitrogens with one attached hydrogen (secondary N) is 1. The topological polar surface area (TPSA) is 37.4 Å². The maximum Gasteiger partial charge on any atom is 0.151 e. The standard InChI is InChI=1S/C12H19N3O/c1-15(2)12-11(6-3-7-13-12)14-10-5-4-8-16-9-10/h3,6-7,10,14H,4-5,8-9H2,1-2H3. The van der Waals surface area contributed by atoms with Crippen molar-refractivity contribution in [2.75, 3.05) is 37.5 Å². The highest BCUT2D eigenvalue weighted by Crippen LogP contribution is 2.22. The fourth-order valence-electron chi connectivity index (χ4n) is 1.94. The lowest BCUT2D eigenvalue weighted by Crippen LogP contribution is -2.30. The van der Waals surface area contributed by atoms with E-state index in [0.29, 0.717) is 6.04 Å². The summed E-state index contributed by atoms with van der Waals surface area (Å²) in [7, 11) is 4.01. The summed E-state index contributed by atoms with van der Waals surface area (Å²) < 4.78 is 5.46. The highest BCUT2D eigenvalue weighted by molar-refractivity contribution is 5.65. The van der Waals surface area contributed by atoms with Crippen molar-refractivity contribution in [2.24, 2.45) is 0 Å². The van der Waals surface area contributed by atoms with Crippen molar-refractivity contribution in [3.05, 3.63) is 18.3 Å². The Morgan fingerprint density at radius 2 is 2.38 bits per heavy atom. The highest BCUT2D eigenvalue weighted by atomic mass is 16.5. The average Bonchev–Trinajstić information content (AvgIpc) is 2.31. The smallest absolute Gasteiger partial charge is 0.151 e. The first kappa shape index (κ1) is 11.2. The first-order valence-electron chi connectivity index (χ1n) is 5.74. The van der Waals surface area contributed by atoms with Gasteiger partial charge in [-0.1, -0.05) is 0 Å². The van der Waals surface area contributed by atoms with Crippen molar-refractivity contribution in [3.8, 4) is 0 Å². The summed E-state index contributed by atoms with van der Waals surface area (Å²) in [4.78, 5) is 6.39. The van der Waals surface area contributed by atoms with Crippen LogP contribution in [0.2, 0.25) is 0 Å². The minimum atomic E-state index is 0.414. The highest BCUT2D eigenvalue weighted by Gasteiger charge is 2.15. The van der Waals surface area contributed by atoms with E-state index >= 15 is 0 Å². The molecule has 1 aromatic heterocycles. The third-order valence-corrected chi connectivity index (χ3v) is 2.73. The van der Waals surface area contributed by atoms with Crippen molar-refractivity contribution in [1.82, 2.24) is 4.98 Å². The molecule has 0 bridgehead atoms. The predicted octanol–water partition coefficient (Wildman–Crippen LogP) is 1.74. The Labute approximate surface area is 96.6 Å². The van der Waals surface area contributed by atoms with E-state index in [1.54, 1.807) is 0 Å². The molecule has 1 aliphatic rings. The lowest BCUT2D eigenvalue weighted by Gasteiger charge is -2.26. The Bertz CT molecular complexity index is 335. The zero-order chi connectivity index (χ0) is 11.4. The molecule has 1 aromatic rings. The Hall–Kier alpha value is -1.29. The first-order chi connectivity index (χ1) is 7.77. The molecule has 1 aliphatic heterocycles. The van der Waals surface area contributed by atoms with Crippen LogP contribution in [0.25, 0.3) is 0 Å². The van der Waals surface area contributed by atoms with Gasteiger partial charge in [-0.15, -0.1) is 0 Å². The quantitative estimate of drug-likeness (QED) is 0.843. The monoisotopic (exact) mass is 221 g/mol. The molecule has 1 atom stereocenters. The molecule has 1 fully saturated rings.